The van der Waals surface area contributed by atoms with Crippen LogP contribution in [-0.4, -0.2) is 36.4 Å². The molecule has 1 aromatic rings. The summed E-state index contributed by atoms with van der Waals surface area (Å²) >= 11 is 0. The van der Waals surface area contributed by atoms with Crippen LogP contribution < -0.4 is 0 Å². The Morgan fingerprint density at radius 2 is 1.38 bits per heavy atom. The third-order valence-electron chi connectivity index (χ3n) is 5.98. The molecule has 1 rings (SSSR count). The second kappa shape index (κ2) is 15.7. The van der Waals surface area contributed by atoms with Gasteiger partial charge in [0.1, 0.15) is 6.10 Å². The standard InChI is InChI=1S/C26H39F3O5/c1-3-4-5-6-7-8-9-10-11-12-16-19-22(20-23(30)31)34-24(32)25(33-2,26(27,28)29)21-17-14-13-15-18-21/h13-15,17-18,22H,3-12,16,19-20H2,1-2H3,(H,30,31)/t22-,25-/m1/s1. The fourth-order valence-electron chi connectivity index (χ4n) is 4.06. The zero-order valence-corrected chi connectivity index (χ0v) is 20.4. The number of unbranched alkanes of at least 4 members (excludes halogenated alkanes) is 10. The predicted octanol–water partition coefficient (Wildman–Crippen LogP) is 7.18. The molecule has 1 aromatic carbocycles. The number of carbonyl (C=O) groups excluding carboxylic acids is 1. The van der Waals surface area contributed by atoms with Crippen LogP contribution in [0.1, 0.15) is 96.0 Å². The quantitative estimate of drug-likeness (QED) is 0.175. The third kappa shape index (κ3) is 9.65. The first-order valence-electron chi connectivity index (χ1n) is 12.3. The molecule has 2 atom stereocenters. The van der Waals surface area contributed by atoms with E-state index in [0.29, 0.717) is 6.42 Å². The summed E-state index contributed by atoms with van der Waals surface area (Å²) in [5.41, 5.74) is -3.74. The fraction of sp³-hybridized carbons (Fsp3) is 0.692. The Morgan fingerprint density at radius 3 is 1.82 bits per heavy atom. The van der Waals surface area contributed by atoms with E-state index in [1.807, 2.05) is 0 Å². The van der Waals surface area contributed by atoms with E-state index < -0.39 is 41.8 Å². The van der Waals surface area contributed by atoms with Crippen LogP contribution in [0.3, 0.4) is 0 Å². The van der Waals surface area contributed by atoms with E-state index in [1.165, 1.54) is 56.7 Å². The molecule has 8 heteroatoms. The van der Waals surface area contributed by atoms with Crippen LogP contribution in [0.15, 0.2) is 30.3 Å². The van der Waals surface area contributed by atoms with E-state index >= 15 is 0 Å². The Kier molecular flexibility index (Phi) is 13.9. The van der Waals surface area contributed by atoms with Gasteiger partial charge in [0, 0.05) is 12.7 Å². The van der Waals surface area contributed by atoms with Crippen LogP contribution in [0.2, 0.25) is 0 Å². The van der Waals surface area contributed by atoms with Crippen molar-refractivity contribution in [1.82, 2.24) is 0 Å². The number of hydrogen-bond acceptors (Lipinski definition) is 4. The zero-order chi connectivity index (χ0) is 25.5. The topological polar surface area (TPSA) is 72.8 Å². The number of hydrogen-bond donors (Lipinski definition) is 1. The van der Waals surface area contributed by atoms with Gasteiger partial charge in [0.25, 0.3) is 5.60 Å². The van der Waals surface area contributed by atoms with Crippen LogP contribution in [0.5, 0.6) is 0 Å². The molecule has 0 aliphatic rings. The first-order valence-corrected chi connectivity index (χ1v) is 12.3. The summed E-state index contributed by atoms with van der Waals surface area (Å²) < 4.78 is 51.9. The number of carboxylic acids is 1. The Bertz CT molecular complexity index is 708. The highest BCUT2D eigenvalue weighted by atomic mass is 19.4. The summed E-state index contributed by atoms with van der Waals surface area (Å²) in [6.07, 6.45) is 5.37. The van der Waals surface area contributed by atoms with Crippen molar-refractivity contribution < 1.29 is 37.3 Å². The molecule has 0 aliphatic carbocycles. The van der Waals surface area contributed by atoms with Crippen molar-refractivity contribution in [2.24, 2.45) is 0 Å². The molecule has 0 aromatic heterocycles. The number of alkyl halides is 3. The SMILES string of the molecule is CCCCCCCCCCCCC[C@H](CC(=O)O)OC(=O)[C@](OC)(c1ccccc1)C(F)(F)F. The minimum Gasteiger partial charge on any atom is -0.481 e. The molecule has 0 heterocycles. The molecule has 0 amide bonds. The van der Waals surface area contributed by atoms with E-state index in [4.69, 9.17) is 14.6 Å². The highest BCUT2D eigenvalue weighted by molar-refractivity contribution is 5.83. The van der Waals surface area contributed by atoms with Gasteiger partial charge in [-0.1, -0.05) is 101 Å². The first-order chi connectivity index (χ1) is 16.2. The smallest absolute Gasteiger partial charge is 0.432 e. The van der Waals surface area contributed by atoms with Gasteiger partial charge in [-0.15, -0.1) is 0 Å². The molecule has 34 heavy (non-hydrogen) atoms. The monoisotopic (exact) mass is 488 g/mol. The molecular formula is C26H39F3O5. The molecule has 194 valence electrons. The van der Waals surface area contributed by atoms with E-state index in [2.05, 4.69) is 6.92 Å². The first kappa shape index (κ1) is 29.9. The zero-order valence-electron chi connectivity index (χ0n) is 20.4. The highest BCUT2D eigenvalue weighted by Crippen LogP contribution is 2.43. The Balaban J connectivity index is 2.63. The summed E-state index contributed by atoms with van der Waals surface area (Å²) in [7, 11) is 0.789. The number of ether oxygens (including phenoxy) is 2. The molecule has 0 spiro atoms. The molecular weight excluding hydrogens is 449 g/mol. The number of halogens is 3. The normalized spacial score (nSPS) is 14.4. The minimum atomic E-state index is -5.09. The maximum Gasteiger partial charge on any atom is 0.432 e. The predicted molar refractivity (Wildman–Crippen MR) is 124 cm³/mol. The van der Waals surface area contributed by atoms with Crippen molar-refractivity contribution >= 4 is 11.9 Å². The fourth-order valence-corrected chi connectivity index (χ4v) is 4.06. The Labute approximate surface area is 201 Å². The summed E-state index contributed by atoms with van der Waals surface area (Å²) in [5.74, 6) is -2.89. The highest BCUT2D eigenvalue weighted by Gasteiger charge is 2.64. The molecule has 0 radical (unpaired) electrons. The van der Waals surface area contributed by atoms with Crippen LogP contribution in [-0.2, 0) is 24.7 Å². The summed E-state index contributed by atoms with van der Waals surface area (Å²) in [6, 6.07) is 6.51. The van der Waals surface area contributed by atoms with Crippen LogP contribution in [0.4, 0.5) is 13.2 Å². The van der Waals surface area contributed by atoms with Crippen LogP contribution in [0, 0.1) is 0 Å². The lowest BCUT2D eigenvalue weighted by molar-refractivity contribution is -0.278. The van der Waals surface area contributed by atoms with Crippen LogP contribution in [0.25, 0.3) is 0 Å². The van der Waals surface area contributed by atoms with Gasteiger partial charge >= 0.3 is 18.1 Å². The summed E-state index contributed by atoms with van der Waals surface area (Å²) in [6.45, 7) is 2.19. The van der Waals surface area contributed by atoms with E-state index in [-0.39, 0.29) is 6.42 Å². The number of benzene rings is 1. The lowest BCUT2D eigenvalue weighted by Gasteiger charge is -2.33. The Hall–Kier alpha value is -2.09. The Morgan fingerprint density at radius 1 is 0.882 bits per heavy atom. The van der Waals surface area contributed by atoms with Crippen LogP contribution >= 0.6 is 0 Å². The number of aliphatic carboxylic acids is 1. The van der Waals surface area contributed by atoms with Crippen molar-refractivity contribution in [1.29, 1.82) is 0 Å². The molecule has 5 nitrogen and oxygen atoms in total. The second-order valence-corrected chi connectivity index (χ2v) is 8.70. The molecule has 1 N–H and O–H groups in total. The van der Waals surface area contributed by atoms with Crippen molar-refractivity contribution in [2.45, 2.75) is 108 Å². The van der Waals surface area contributed by atoms with Gasteiger partial charge in [0.2, 0.25) is 0 Å². The van der Waals surface area contributed by atoms with Crippen molar-refractivity contribution in [3.63, 3.8) is 0 Å². The van der Waals surface area contributed by atoms with Crippen molar-refractivity contribution in [2.75, 3.05) is 7.11 Å². The van der Waals surface area contributed by atoms with Crippen molar-refractivity contribution in [3.8, 4) is 0 Å². The maximum atomic E-state index is 14.0. The number of carbonyl (C=O) groups is 2. The molecule has 0 unspecified atom stereocenters. The summed E-state index contributed by atoms with van der Waals surface area (Å²) in [4.78, 5) is 24.0. The van der Waals surface area contributed by atoms with E-state index in [1.54, 1.807) is 0 Å². The average molecular weight is 489 g/mol. The van der Waals surface area contributed by atoms with Gasteiger partial charge in [-0.3, -0.25) is 4.79 Å². The van der Waals surface area contributed by atoms with E-state index in [9.17, 15) is 22.8 Å². The van der Waals surface area contributed by atoms with Gasteiger partial charge in [-0.05, 0) is 12.8 Å². The van der Waals surface area contributed by atoms with Gasteiger partial charge in [-0.2, -0.15) is 13.2 Å². The van der Waals surface area contributed by atoms with E-state index in [0.717, 1.165) is 44.9 Å². The molecule has 0 aliphatic heterocycles. The summed E-state index contributed by atoms with van der Waals surface area (Å²) in [5, 5.41) is 9.17. The lowest BCUT2D eigenvalue weighted by Crippen LogP contribution is -2.52. The lowest BCUT2D eigenvalue weighted by atomic mass is 9.92. The maximum absolute atomic E-state index is 14.0. The molecule has 0 bridgehead atoms. The molecule has 0 fully saturated rings. The number of rotatable bonds is 18. The number of methoxy groups -OCH3 is 1. The third-order valence-corrected chi connectivity index (χ3v) is 5.98. The van der Waals surface area contributed by atoms with Gasteiger partial charge < -0.3 is 14.6 Å². The minimum absolute atomic E-state index is 0.182. The van der Waals surface area contributed by atoms with Gasteiger partial charge in [-0.25, -0.2) is 4.79 Å². The number of carboxylic acid groups (broad SMARTS) is 1. The number of esters is 1. The van der Waals surface area contributed by atoms with Gasteiger partial charge in [0.05, 0.1) is 6.42 Å². The second-order valence-electron chi connectivity index (χ2n) is 8.70. The van der Waals surface area contributed by atoms with Gasteiger partial charge in [0.15, 0.2) is 0 Å². The molecule has 0 saturated heterocycles. The largest absolute Gasteiger partial charge is 0.481 e. The van der Waals surface area contributed by atoms with Crippen molar-refractivity contribution in [3.05, 3.63) is 35.9 Å². The molecule has 0 saturated carbocycles. The average Bonchev–Trinajstić information content (AvgIpc) is 2.77.